The largest absolute Gasteiger partial charge is 0.357 e. The molecule has 1 aliphatic heterocycles. The van der Waals surface area contributed by atoms with E-state index in [1.54, 1.807) is 20.2 Å². The lowest BCUT2D eigenvalue weighted by Gasteiger charge is -2.23. The first-order valence-corrected chi connectivity index (χ1v) is 11.4. The Kier molecular flexibility index (Phi) is 7.87. The molecule has 0 bridgehead atoms. The maximum atomic E-state index is 12.2. The van der Waals surface area contributed by atoms with Crippen molar-refractivity contribution in [2.75, 3.05) is 40.3 Å². The number of hydrogen-bond acceptors (Lipinski definition) is 5. The average Bonchev–Trinajstić information content (AvgIpc) is 3.26. The summed E-state index contributed by atoms with van der Waals surface area (Å²) in [4.78, 5) is 8.04. The molecule has 9 heteroatoms. The molecule has 0 radical (unpaired) electrons. The molecule has 0 spiro atoms. The molecule has 1 unspecified atom stereocenters. The molecule has 1 aromatic heterocycles. The number of guanidine groups is 1. The summed E-state index contributed by atoms with van der Waals surface area (Å²) in [5, 5.41) is 6.69. The zero-order chi connectivity index (χ0) is 19.2. The number of hydrogen-bond donors (Lipinski definition) is 2. The minimum Gasteiger partial charge on any atom is -0.357 e. The first kappa shape index (κ1) is 21.1. The summed E-state index contributed by atoms with van der Waals surface area (Å²) in [5.41, 5.74) is 0. The Morgan fingerprint density at radius 1 is 1.35 bits per heavy atom. The summed E-state index contributed by atoms with van der Waals surface area (Å²) in [6.45, 7) is 8.63. The molecule has 2 N–H and O–H groups in total. The molecule has 1 aliphatic rings. The van der Waals surface area contributed by atoms with Crippen molar-refractivity contribution in [1.82, 2.24) is 19.8 Å². The van der Waals surface area contributed by atoms with E-state index in [0.29, 0.717) is 16.8 Å². The van der Waals surface area contributed by atoms with Crippen molar-refractivity contribution in [2.45, 2.75) is 43.5 Å². The zero-order valence-corrected chi connectivity index (χ0v) is 17.8. The predicted molar refractivity (Wildman–Crippen MR) is 108 cm³/mol. The Balaban J connectivity index is 1.97. The molecule has 0 saturated carbocycles. The normalized spacial score (nSPS) is 19.3. The third-order valence-electron chi connectivity index (χ3n) is 4.52. The monoisotopic (exact) mass is 401 g/mol. The van der Waals surface area contributed by atoms with Gasteiger partial charge in [-0.25, -0.2) is 17.7 Å². The average molecular weight is 402 g/mol. The van der Waals surface area contributed by atoms with E-state index >= 15 is 0 Å². The second-order valence-corrected chi connectivity index (χ2v) is 10.1. The highest BCUT2D eigenvalue weighted by Gasteiger charge is 2.23. The van der Waals surface area contributed by atoms with E-state index in [1.165, 1.54) is 35.0 Å². The number of nitrogens with zero attached hydrogens (tertiary/aromatic N) is 3. The van der Waals surface area contributed by atoms with Crippen LogP contribution in [0.5, 0.6) is 0 Å². The van der Waals surface area contributed by atoms with Gasteiger partial charge in [0.25, 0.3) is 10.0 Å². The van der Waals surface area contributed by atoms with Crippen molar-refractivity contribution in [3.8, 4) is 0 Å². The van der Waals surface area contributed by atoms with Crippen molar-refractivity contribution >= 4 is 27.3 Å². The molecule has 0 aromatic carbocycles. The highest BCUT2D eigenvalue weighted by Crippen LogP contribution is 2.24. The van der Waals surface area contributed by atoms with Gasteiger partial charge >= 0.3 is 0 Å². The maximum Gasteiger partial charge on any atom is 0.252 e. The Hall–Kier alpha value is -1.16. The van der Waals surface area contributed by atoms with Crippen LogP contribution in [0.15, 0.2) is 21.3 Å². The van der Waals surface area contributed by atoms with E-state index in [4.69, 9.17) is 0 Å². The minimum atomic E-state index is -3.37. The first-order chi connectivity index (χ1) is 12.4. The SMILES string of the molecule is CCNC(=NCc1ccc(S(=O)(=O)N(C)C)s1)NCC1CCCN1CC. The molecule has 1 aromatic rings. The number of thiophene rings is 1. The topological polar surface area (TPSA) is 77.0 Å². The van der Waals surface area contributed by atoms with Crippen LogP contribution in [0.3, 0.4) is 0 Å². The number of rotatable bonds is 8. The third-order valence-corrected chi connectivity index (χ3v) is 7.87. The van der Waals surface area contributed by atoms with Crippen molar-refractivity contribution in [3.63, 3.8) is 0 Å². The van der Waals surface area contributed by atoms with Crippen LogP contribution < -0.4 is 10.6 Å². The van der Waals surface area contributed by atoms with Crippen molar-refractivity contribution in [3.05, 3.63) is 17.0 Å². The van der Waals surface area contributed by atoms with Gasteiger partial charge in [-0.15, -0.1) is 11.3 Å². The van der Waals surface area contributed by atoms with Crippen molar-refractivity contribution in [2.24, 2.45) is 4.99 Å². The maximum absolute atomic E-state index is 12.2. The molecule has 26 heavy (non-hydrogen) atoms. The number of sulfonamides is 1. The van der Waals surface area contributed by atoms with Gasteiger partial charge in [-0.3, -0.25) is 4.90 Å². The van der Waals surface area contributed by atoms with Gasteiger partial charge < -0.3 is 10.6 Å². The summed E-state index contributed by atoms with van der Waals surface area (Å²) < 4.78 is 25.9. The van der Waals surface area contributed by atoms with Crippen LogP contribution >= 0.6 is 11.3 Å². The summed E-state index contributed by atoms with van der Waals surface area (Å²) in [5.74, 6) is 0.779. The van der Waals surface area contributed by atoms with Crippen LogP contribution in [0, 0.1) is 0 Å². The molecule has 1 saturated heterocycles. The van der Waals surface area contributed by atoms with Crippen molar-refractivity contribution in [1.29, 1.82) is 0 Å². The summed E-state index contributed by atoms with van der Waals surface area (Å²) >= 11 is 1.28. The minimum absolute atomic E-state index is 0.357. The lowest BCUT2D eigenvalue weighted by atomic mass is 10.2. The summed E-state index contributed by atoms with van der Waals surface area (Å²) in [6, 6.07) is 4.05. The van der Waals surface area contributed by atoms with Gasteiger partial charge in [-0.05, 0) is 45.0 Å². The van der Waals surface area contributed by atoms with Gasteiger partial charge in [0, 0.05) is 38.1 Å². The molecule has 1 fully saturated rings. The van der Waals surface area contributed by atoms with Gasteiger partial charge in [-0.2, -0.15) is 0 Å². The van der Waals surface area contributed by atoms with Crippen molar-refractivity contribution < 1.29 is 8.42 Å². The lowest BCUT2D eigenvalue weighted by Crippen LogP contribution is -2.44. The fraction of sp³-hybridized carbons (Fsp3) is 0.706. The van der Waals surface area contributed by atoms with Crippen LogP contribution in [0.1, 0.15) is 31.6 Å². The van der Waals surface area contributed by atoms with Crippen LogP contribution in [0.2, 0.25) is 0 Å². The highest BCUT2D eigenvalue weighted by atomic mass is 32.2. The summed E-state index contributed by atoms with van der Waals surface area (Å²) in [7, 11) is -0.280. The second kappa shape index (κ2) is 9.68. The Labute approximate surface area is 161 Å². The van der Waals surface area contributed by atoms with E-state index in [9.17, 15) is 8.42 Å². The lowest BCUT2D eigenvalue weighted by molar-refractivity contribution is 0.267. The number of aliphatic imine (C=N–C) groups is 1. The molecule has 2 heterocycles. The molecule has 2 rings (SSSR count). The van der Waals surface area contributed by atoms with Gasteiger partial charge in [0.15, 0.2) is 5.96 Å². The molecule has 1 atom stereocenters. The Morgan fingerprint density at radius 2 is 2.12 bits per heavy atom. The standard InChI is InChI=1S/C17H31N5O2S2/c1-5-18-17(19-12-14-8-7-11-22(14)6-2)20-13-15-9-10-16(25-15)26(23,24)21(3)4/h9-10,14H,5-8,11-13H2,1-4H3,(H2,18,19,20). The Bertz CT molecular complexity index is 700. The second-order valence-electron chi connectivity index (χ2n) is 6.51. The van der Waals surface area contributed by atoms with E-state index < -0.39 is 10.0 Å². The van der Waals surface area contributed by atoms with Crippen LogP contribution in [0.25, 0.3) is 0 Å². The van der Waals surface area contributed by atoms with Gasteiger partial charge in [0.2, 0.25) is 0 Å². The van der Waals surface area contributed by atoms with E-state index in [0.717, 1.165) is 30.5 Å². The van der Waals surface area contributed by atoms with Crippen LogP contribution in [-0.4, -0.2) is 69.9 Å². The van der Waals surface area contributed by atoms with Gasteiger partial charge in [-0.1, -0.05) is 6.92 Å². The van der Waals surface area contributed by atoms with E-state index in [-0.39, 0.29) is 0 Å². The fourth-order valence-corrected chi connectivity index (χ4v) is 5.47. The summed E-state index contributed by atoms with van der Waals surface area (Å²) in [6.07, 6.45) is 2.48. The molecular formula is C17H31N5O2S2. The van der Waals surface area contributed by atoms with Crippen LogP contribution in [0.4, 0.5) is 0 Å². The van der Waals surface area contributed by atoms with Gasteiger partial charge in [0.1, 0.15) is 4.21 Å². The number of nitrogens with one attached hydrogen (secondary N) is 2. The molecule has 0 amide bonds. The zero-order valence-electron chi connectivity index (χ0n) is 16.2. The van der Waals surface area contributed by atoms with E-state index in [2.05, 4.69) is 27.4 Å². The first-order valence-electron chi connectivity index (χ1n) is 9.16. The number of likely N-dealkylation sites (N-methyl/N-ethyl adjacent to an activating group) is 1. The third kappa shape index (κ3) is 5.42. The highest BCUT2D eigenvalue weighted by molar-refractivity contribution is 7.91. The fourth-order valence-electron chi connectivity index (χ4n) is 3.02. The van der Waals surface area contributed by atoms with E-state index in [1.807, 2.05) is 13.0 Å². The molecule has 0 aliphatic carbocycles. The smallest absolute Gasteiger partial charge is 0.252 e. The molecule has 7 nitrogen and oxygen atoms in total. The predicted octanol–water partition coefficient (Wildman–Crippen LogP) is 1.54. The quantitative estimate of drug-likeness (QED) is 0.510. The number of likely N-dealkylation sites (tertiary alicyclic amines) is 1. The van der Waals surface area contributed by atoms with Gasteiger partial charge in [0.05, 0.1) is 6.54 Å². The molecular weight excluding hydrogens is 370 g/mol. The molecule has 148 valence electrons. The van der Waals surface area contributed by atoms with Crippen LogP contribution in [-0.2, 0) is 16.6 Å². The Morgan fingerprint density at radius 3 is 2.77 bits per heavy atom.